The molecule has 0 amide bonds. The van der Waals surface area contributed by atoms with E-state index in [4.69, 9.17) is 0 Å². The lowest BCUT2D eigenvalue weighted by Gasteiger charge is -2.02. The molecular weight excluding hydrogens is 205 g/mol. The third-order valence-corrected chi connectivity index (χ3v) is 1.82. The van der Waals surface area contributed by atoms with Gasteiger partial charge in [-0.25, -0.2) is 4.68 Å². The SMILES string of the molecule is FC(F)(F)c1[c]cn(-c2ccccc2)n1. The van der Waals surface area contributed by atoms with Gasteiger partial charge in [-0.15, -0.1) is 0 Å². The molecule has 0 saturated carbocycles. The highest BCUT2D eigenvalue weighted by atomic mass is 19.4. The monoisotopic (exact) mass is 211 g/mol. The van der Waals surface area contributed by atoms with Crippen molar-refractivity contribution >= 4 is 0 Å². The van der Waals surface area contributed by atoms with E-state index in [1.54, 1.807) is 30.3 Å². The number of nitrogens with zero attached hydrogens (tertiary/aromatic N) is 2. The minimum Gasteiger partial charge on any atom is -0.240 e. The fraction of sp³-hybridized carbons (Fsp3) is 0.100. The van der Waals surface area contributed by atoms with Gasteiger partial charge in [-0.05, 0) is 12.1 Å². The topological polar surface area (TPSA) is 17.8 Å². The molecule has 0 unspecified atom stereocenters. The van der Waals surface area contributed by atoms with E-state index in [0.717, 1.165) is 10.9 Å². The minimum atomic E-state index is -4.44. The Hall–Kier alpha value is -1.78. The number of alkyl halides is 3. The number of hydrogen-bond acceptors (Lipinski definition) is 1. The zero-order chi connectivity index (χ0) is 10.9. The Bertz CT molecular complexity index is 445. The summed E-state index contributed by atoms with van der Waals surface area (Å²) in [7, 11) is 0. The first kappa shape index (κ1) is 9.76. The first-order valence-electron chi connectivity index (χ1n) is 4.17. The highest BCUT2D eigenvalue weighted by Gasteiger charge is 2.33. The Labute approximate surface area is 84.0 Å². The van der Waals surface area contributed by atoms with Gasteiger partial charge in [-0.3, -0.25) is 0 Å². The molecule has 0 aliphatic heterocycles. The molecule has 0 saturated heterocycles. The summed E-state index contributed by atoms with van der Waals surface area (Å²) < 4.78 is 37.8. The molecule has 0 spiro atoms. The van der Waals surface area contributed by atoms with Gasteiger partial charge in [0.05, 0.1) is 5.69 Å². The van der Waals surface area contributed by atoms with Crippen LogP contribution in [0.2, 0.25) is 0 Å². The number of rotatable bonds is 1. The maximum Gasteiger partial charge on any atom is 0.435 e. The van der Waals surface area contributed by atoms with Gasteiger partial charge in [0.1, 0.15) is 0 Å². The van der Waals surface area contributed by atoms with Crippen LogP contribution >= 0.6 is 0 Å². The Morgan fingerprint density at radius 2 is 1.80 bits per heavy atom. The van der Waals surface area contributed by atoms with Gasteiger partial charge in [-0.2, -0.15) is 18.3 Å². The lowest BCUT2D eigenvalue weighted by molar-refractivity contribution is -0.141. The second-order valence-electron chi connectivity index (χ2n) is 2.90. The second kappa shape index (κ2) is 3.42. The van der Waals surface area contributed by atoms with E-state index in [1.165, 1.54) is 0 Å². The summed E-state index contributed by atoms with van der Waals surface area (Å²) in [6.45, 7) is 0. The summed E-state index contributed by atoms with van der Waals surface area (Å²) in [5.41, 5.74) is -0.435. The maximum atomic E-state index is 12.2. The molecule has 1 aromatic carbocycles. The van der Waals surface area contributed by atoms with E-state index >= 15 is 0 Å². The van der Waals surface area contributed by atoms with Gasteiger partial charge < -0.3 is 0 Å². The maximum absolute atomic E-state index is 12.2. The van der Waals surface area contributed by atoms with Crippen LogP contribution in [-0.4, -0.2) is 9.78 Å². The van der Waals surface area contributed by atoms with Crippen molar-refractivity contribution in [2.45, 2.75) is 6.18 Å². The number of halogens is 3. The van der Waals surface area contributed by atoms with Crippen LogP contribution in [0.4, 0.5) is 13.2 Å². The predicted molar refractivity (Wildman–Crippen MR) is 47.4 cm³/mol. The highest BCUT2D eigenvalue weighted by molar-refractivity contribution is 5.30. The molecule has 0 aliphatic rings. The van der Waals surface area contributed by atoms with Gasteiger partial charge in [0, 0.05) is 12.3 Å². The fourth-order valence-corrected chi connectivity index (χ4v) is 1.14. The predicted octanol–water partition coefficient (Wildman–Crippen LogP) is 2.69. The molecule has 0 bridgehead atoms. The van der Waals surface area contributed by atoms with E-state index in [0.29, 0.717) is 5.69 Å². The molecule has 0 aliphatic carbocycles. The van der Waals surface area contributed by atoms with Gasteiger partial charge in [-0.1, -0.05) is 18.2 Å². The number of hydrogen-bond donors (Lipinski definition) is 0. The van der Waals surface area contributed by atoms with Crippen LogP contribution in [0.1, 0.15) is 5.69 Å². The van der Waals surface area contributed by atoms with Crippen LogP contribution in [0.3, 0.4) is 0 Å². The largest absolute Gasteiger partial charge is 0.435 e. The van der Waals surface area contributed by atoms with Crippen LogP contribution in [0.5, 0.6) is 0 Å². The standard InChI is InChI=1S/C10H6F3N2/c11-10(12,13)9-6-7-15(14-9)8-4-2-1-3-5-8/h1-5,7H. The highest BCUT2D eigenvalue weighted by Crippen LogP contribution is 2.27. The summed E-state index contributed by atoms with van der Waals surface area (Å²) >= 11 is 0. The van der Waals surface area contributed by atoms with E-state index in [2.05, 4.69) is 11.2 Å². The lowest BCUT2D eigenvalue weighted by atomic mass is 10.3. The second-order valence-corrected chi connectivity index (χ2v) is 2.90. The Morgan fingerprint density at radius 3 is 2.33 bits per heavy atom. The van der Waals surface area contributed by atoms with Crippen LogP contribution in [-0.2, 0) is 6.18 Å². The van der Waals surface area contributed by atoms with Crippen molar-refractivity contribution in [2.75, 3.05) is 0 Å². The molecule has 2 rings (SSSR count). The molecule has 77 valence electrons. The van der Waals surface area contributed by atoms with E-state index in [1.807, 2.05) is 0 Å². The van der Waals surface area contributed by atoms with Crippen molar-refractivity contribution < 1.29 is 13.2 Å². The van der Waals surface area contributed by atoms with Crippen LogP contribution in [0.25, 0.3) is 5.69 Å². The average Bonchev–Trinajstić information content (AvgIpc) is 2.67. The van der Waals surface area contributed by atoms with E-state index in [-0.39, 0.29) is 0 Å². The quantitative estimate of drug-likeness (QED) is 0.709. The smallest absolute Gasteiger partial charge is 0.240 e. The van der Waals surface area contributed by atoms with E-state index < -0.39 is 11.9 Å². The molecule has 1 radical (unpaired) electrons. The fourth-order valence-electron chi connectivity index (χ4n) is 1.14. The summed E-state index contributed by atoms with van der Waals surface area (Å²) in [4.78, 5) is 0. The van der Waals surface area contributed by atoms with E-state index in [9.17, 15) is 13.2 Å². The van der Waals surface area contributed by atoms with Crippen molar-refractivity contribution in [3.8, 4) is 5.69 Å². The Kier molecular flexibility index (Phi) is 2.22. The normalized spacial score (nSPS) is 11.7. The average molecular weight is 211 g/mol. The van der Waals surface area contributed by atoms with Gasteiger partial charge >= 0.3 is 6.18 Å². The van der Waals surface area contributed by atoms with Crippen molar-refractivity contribution in [1.82, 2.24) is 9.78 Å². The number of aromatic nitrogens is 2. The zero-order valence-corrected chi connectivity index (χ0v) is 7.49. The van der Waals surface area contributed by atoms with Gasteiger partial charge in [0.2, 0.25) is 0 Å². The summed E-state index contributed by atoms with van der Waals surface area (Å²) in [5.74, 6) is 0. The Balaban J connectivity index is 2.37. The number of para-hydroxylation sites is 1. The first-order valence-corrected chi connectivity index (χ1v) is 4.17. The molecule has 2 aromatic rings. The third kappa shape index (κ3) is 2.01. The first-order chi connectivity index (χ1) is 7.07. The minimum absolute atomic E-state index is 0.573. The molecule has 0 fully saturated rings. The molecule has 0 atom stereocenters. The Morgan fingerprint density at radius 1 is 1.13 bits per heavy atom. The molecule has 2 nitrogen and oxygen atoms in total. The van der Waals surface area contributed by atoms with Crippen LogP contribution in [0.15, 0.2) is 36.5 Å². The molecule has 5 heteroatoms. The van der Waals surface area contributed by atoms with Crippen molar-refractivity contribution in [1.29, 1.82) is 0 Å². The molecule has 1 heterocycles. The van der Waals surface area contributed by atoms with Gasteiger partial charge in [0.25, 0.3) is 0 Å². The molecule has 15 heavy (non-hydrogen) atoms. The van der Waals surface area contributed by atoms with Gasteiger partial charge in [0.15, 0.2) is 5.69 Å². The van der Waals surface area contributed by atoms with Crippen molar-refractivity contribution in [3.63, 3.8) is 0 Å². The van der Waals surface area contributed by atoms with Crippen LogP contribution in [0, 0.1) is 6.07 Å². The van der Waals surface area contributed by atoms with Crippen molar-refractivity contribution in [3.05, 3.63) is 48.3 Å². The van der Waals surface area contributed by atoms with Crippen molar-refractivity contribution in [2.24, 2.45) is 0 Å². The molecule has 1 aromatic heterocycles. The van der Waals surface area contributed by atoms with Crippen LogP contribution < -0.4 is 0 Å². The molecular formula is C10H6F3N2. The summed E-state index contributed by atoms with van der Waals surface area (Å²) in [6.07, 6.45) is -3.28. The summed E-state index contributed by atoms with van der Waals surface area (Å²) in [5, 5.41) is 3.39. The molecule has 0 N–H and O–H groups in total. The lowest BCUT2D eigenvalue weighted by Crippen LogP contribution is -2.07. The number of benzene rings is 1. The third-order valence-electron chi connectivity index (χ3n) is 1.82. The summed E-state index contributed by atoms with van der Waals surface area (Å²) in [6, 6.07) is 10.6. The zero-order valence-electron chi connectivity index (χ0n) is 7.49.